The molecule has 2 aromatic carbocycles. The highest BCUT2D eigenvalue weighted by atomic mass is 32.2. The quantitative estimate of drug-likeness (QED) is 0.677. The molecule has 5 nitrogen and oxygen atoms in total. The van der Waals surface area contributed by atoms with Crippen LogP contribution in [0.3, 0.4) is 0 Å². The van der Waals surface area contributed by atoms with E-state index in [2.05, 4.69) is 4.74 Å². The van der Waals surface area contributed by atoms with E-state index < -0.39 is 33.2 Å². The number of hydrogen-bond donors (Lipinski definition) is 0. The molecule has 2 rings (SSSR count). The normalized spacial score (nSPS) is 11.8. The third kappa shape index (κ3) is 4.44. The molecule has 2 aromatic rings. The summed E-state index contributed by atoms with van der Waals surface area (Å²) < 4.78 is 86.0. The molecule has 0 aliphatic rings. The molecule has 0 N–H and O–H groups in total. The molecule has 0 aliphatic carbocycles. The first-order valence-corrected chi connectivity index (χ1v) is 8.62. The van der Waals surface area contributed by atoms with E-state index in [4.69, 9.17) is 4.74 Å². The van der Waals surface area contributed by atoms with Crippen LogP contribution in [0.1, 0.15) is 5.56 Å². The summed E-state index contributed by atoms with van der Waals surface area (Å²) in [5.74, 6) is -2.64. The maximum Gasteiger partial charge on any atom is 0.387 e. The average molecular weight is 393 g/mol. The molecule has 10 heteroatoms. The van der Waals surface area contributed by atoms with Crippen molar-refractivity contribution in [3.05, 3.63) is 53.6 Å². The lowest BCUT2D eigenvalue weighted by Crippen LogP contribution is -2.26. The van der Waals surface area contributed by atoms with Crippen LogP contribution in [0.5, 0.6) is 11.5 Å². The molecule has 0 spiro atoms. The van der Waals surface area contributed by atoms with Crippen LogP contribution < -0.4 is 9.47 Å². The van der Waals surface area contributed by atoms with Crippen LogP contribution in [0.25, 0.3) is 0 Å². The standard InChI is InChI=1S/C16H15F4NO4S/c1-21(26(22,23)11-4-5-12(17)13(18)8-11)9-10-3-6-14(25-16(19)20)15(7-10)24-2/h3-8,16H,9H2,1-2H3. The van der Waals surface area contributed by atoms with E-state index in [1.54, 1.807) is 0 Å². The van der Waals surface area contributed by atoms with Crippen LogP contribution in [0.15, 0.2) is 41.3 Å². The lowest BCUT2D eigenvalue weighted by atomic mass is 10.2. The van der Waals surface area contributed by atoms with Crippen molar-refractivity contribution in [3.63, 3.8) is 0 Å². The topological polar surface area (TPSA) is 55.8 Å². The summed E-state index contributed by atoms with van der Waals surface area (Å²) in [7, 11) is -1.60. The summed E-state index contributed by atoms with van der Waals surface area (Å²) in [5.41, 5.74) is 0.414. The van der Waals surface area contributed by atoms with Crippen molar-refractivity contribution in [2.24, 2.45) is 0 Å². The fourth-order valence-electron chi connectivity index (χ4n) is 2.16. The van der Waals surface area contributed by atoms with Crippen molar-refractivity contribution in [3.8, 4) is 11.5 Å². The van der Waals surface area contributed by atoms with Gasteiger partial charge in [0.1, 0.15) is 0 Å². The zero-order valence-electron chi connectivity index (χ0n) is 13.7. The van der Waals surface area contributed by atoms with E-state index in [1.807, 2.05) is 0 Å². The zero-order valence-corrected chi connectivity index (χ0v) is 14.6. The number of ether oxygens (including phenoxy) is 2. The zero-order chi connectivity index (χ0) is 19.5. The van der Waals surface area contributed by atoms with Crippen molar-refractivity contribution < 1.29 is 35.5 Å². The average Bonchev–Trinajstić information content (AvgIpc) is 2.57. The predicted molar refractivity (Wildman–Crippen MR) is 84.6 cm³/mol. The Morgan fingerprint density at radius 3 is 2.31 bits per heavy atom. The fourth-order valence-corrected chi connectivity index (χ4v) is 3.33. The molecule has 0 bridgehead atoms. The largest absolute Gasteiger partial charge is 0.493 e. The number of hydrogen-bond acceptors (Lipinski definition) is 4. The van der Waals surface area contributed by atoms with Crippen molar-refractivity contribution >= 4 is 10.0 Å². The van der Waals surface area contributed by atoms with E-state index in [9.17, 15) is 26.0 Å². The third-order valence-corrected chi connectivity index (χ3v) is 5.25. The van der Waals surface area contributed by atoms with Gasteiger partial charge in [0.05, 0.1) is 12.0 Å². The van der Waals surface area contributed by atoms with E-state index in [0.717, 1.165) is 16.4 Å². The van der Waals surface area contributed by atoms with E-state index in [0.29, 0.717) is 11.6 Å². The van der Waals surface area contributed by atoms with Gasteiger partial charge in [-0.05, 0) is 35.9 Å². The van der Waals surface area contributed by atoms with Crippen molar-refractivity contribution in [2.45, 2.75) is 18.1 Å². The van der Waals surface area contributed by atoms with Gasteiger partial charge in [0.25, 0.3) is 0 Å². The van der Waals surface area contributed by atoms with Gasteiger partial charge in [-0.1, -0.05) is 6.07 Å². The molecule has 0 heterocycles. The second kappa shape index (κ2) is 7.92. The van der Waals surface area contributed by atoms with E-state index in [1.165, 1.54) is 32.4 Å². The lowest BCUT2D eigenvalue weighted by Gasteiger charge is -2.18. The summed E-state index contributed by atoms with van der Waals surface area (Å²) in [6, 6.07) is 6.20. The van der Waals surface area contributed by atoms with Gasteiger partial charge < -0.3 is 9.47 Å². The van der Waals surface area contributed by atoms with Gasteiger partial charge in [0.2, 0.25) is 10.0 Å². The molecular weight excluding hydrogens is 378 g/mol. The minimum Gasteiger partial charge on any atom is -0.493 e. The third-order valence-electron chi connectivity index (χ3n) is 3.45. The Balaban J connectivity index is 2.25. The molecule has 0 fully saturated rings. The van der Waals surface area contributed by atoms with Crippen LogP contribution in [0.2, 0.25) is 0 Å². The van der Waals surface area contributed by atoms with Crippen LogP contribution in [0.4, 0.5) is 17.6 Å². The Bertz CT molecular complexity index is 890. The van der Waals surface area contributed by atoms with Crippen molar-refractivity contribution in [1.82, 2.24) is 4.31 Å². The van der Waals surface area contributed by atoms with E-state index >= 15 is 0 Å². The summed E-state index contributed by atoms with van der Waals surface area (Å²) >= 11 is 0. The van der Waals surface area contributed by atoms with Gasteiger partial charge in [-0.15, -0.1) is 0 Å². The Labute approximate surface area is 147 Å². The Hall–Kier alpha value is -2.33. The van der Waals surface area contributed by atoms with Crippen LogP contribution in [-0.4, -0.2) is 33.5 Å². The SMILES string of the molecule is COc1cc(CN(C)S(=O)(=O)c2ccc(F)c(F)c2)ccc1OC(F)F. The first kappa shape index (κ1) is 20.0. The van der Waals surface area contributed by atoms with Gasteiger partial charge in [-0.3, -0.25) is 0 Å². The van der Waals surface area contributed by atoms with Crippen LogP contribution in [-0.2, 0) is 16.6 Å². The van der Waals surface area contributed by atoms with Crippen LogP contribution in [0, 0.1) is 11.6 Å². The highest BCUT2D eigenvalue weighted by molar-refractivity contribution is 7.89. The maximum atomic E-state index is 13.3. The number of nitrogens with zero attached hydrogens (tertiary/aromatic N) is 1. The van der Waals surface area contributed by atoms with Crippen LogP contribution >= 0.6 is 0 Å². The maximum absolute atomic E-state index is 13.3. The molecule has 0 saturated heterocycles. The first-order valence-electron chi connectivity index (χ1n) is 7.18. The van der Waals surface area contributed by atoms with Gasteiger partial charge in [-0.2, -0.15) is 13.1 Å². The molecule has 142 valence electrons. The summed E-state index contributed by atoms with van der Waals surface area (Å²) in [4.78, 5) is -0.413. The molecule has 0 radical (unpaired) electrons. The van der Waals surface area contributed by atoms with Crippen molar-refractivity contribution in [1.29, 1.82) is 0 Å². The molecule has 26 heavy (non-hydrogen) atoms. The Morgan fingerprint density at radius 2 is 1.73 bits per heavy atom. The number of benzene rings is 2. The number of rotatable bonds is 7. The highest BCUT2D eigenvalue weighted by Crippen LogP contribution is 2.30. The number of methoxy groups -OCH3 is 1. The first-order chi connectivity index (χ1) is 12.1. The van der Waals surface area contributed by atoms with Gasteiger partial charge in [-0.25, -0.2) is 17.2 Å². The highest BCUT2D eigenvalue weighted by Gasteiger charge is 2.23. The fraction of sp³-hybridized carbons (Fsp3) is 0.250. The predicted octanol–water partition coefficient (Wildman–Crippen LogP) is 3.40. The smallest absolute Gasteiger partial charge is 0.387 e. The molecule has 0 atom stereocenters. The Kier molecular flexibility index (Phi) is 6.09. The number of alkyl halides is 2. The second-order valence-corrected chi connectivity index (χ2v) is 7.25. The molecule has 0 aromatic heterocycles. The minimum atomic E-state index is -4.09. The summed E-state index contributed by atoms with van der Waals surface area (Å²) in [6.07, 6.45) is 0. The van der Waals surface area contributed by atoms with E-state index in [-0.39, 0.29) is 18.0 Å². The molecule has 0 unspecified atom stereocenters. The minimum absolute atomic E-state index is 0.00132. The van der Waals surface area contributed by atoms with Gasteiger partial charge in [0, 0.05) is 13.6 Å². The summed E-state index contributed by atoms with van der Waals surface area (Å²) in [6.45, 7) is -3.20. The van der Waals surface area contributed by atoms with Gasteiger partial charge >= 0.3 is 6.61 Å². The number of sulfonamides is 1. The molecule has 0 aliphatic heterocycles. The Morgan fingerprint density at radius 1 is 1.04 bits per heavy atom. The molecular formula is C16H15F4NO4S. The molecule has 0 saturated carbocycles. The summed E-state index contributed by atoms with van der Waals surface area (Å²) in [5, 5.41) is 0. The second-order valence-electron chi connectivity index (χ2n) is 5.20. The monoisotopic (exact) mass is 393 g/mol. The molecule has 0 amide bonds. The van der Waals surface area contributed by atoms with Crippen molar-refractivity contribution in [2.75, 3.05) is 14.2 Å². The van der Waals surface area contributed by atoms with Gasteiger partial charge in [0.15, 0.2) is 23.1 Å². The lowest BCUT2D eigenvalue weighted by molar-refractivity contribution is -0.0512. The number of halogens is 4.